The molecular weight excluding hydrogens is 356 g/mol. The molecule has 0 saturated carbocycles. The number of hydrogen-bond donors (Lipinski definition) is 2. The first-order valence-electron chi connectivity index (χ1n) is 5.32. The number of benzene rings is 2. The molecule has 2 aromatic rings. The van der Waals surface area contributed by atoms with Crippen LogP contribution in [0.25, 0.3) is 0 Å². The summed E-state index contributed by atoms with van der Waals surface area (Å²) in [7, 11) is 0. The Hall–Kier alpha value is -0.970. The molecule has 0 saturated heterocycles. The zero-order valence-electron chi connectivity index (χ0n) is 9.55. The van der Waals surface area contributed by atoms with Crippen LogP contribution in [0.4, 0.5) is 10.1 Å². The summed E-state index contributed by atoms with van der Waals surface area (Å²) >= 11 is 15.4. The van der Waals surface area contributed by atoms with Crippen LogP contribution >= 0.6 is 39.1 Å². The molecule has 0 amide bonds. The third-order valence-corrected chi connectivity index (χ3v) is 3.47. The molecular formula is C13H9BrCl2FNO. The van der Waals surface area contributed by atoms with Gasteiger partial charge in [0, 0.05) is 17.1 Å². The summed E-state index contributed by atoms with van der Waals surface area (Å²) in [5.41, 5.74) is 1.16. The lowest BCUT2D eigenvalue weighted by molar-refractivity contribution is 0.468. The second kappa shape index (κ2) is 5.99. The molecule has 0 aliphatic rings. The lowest BCUT2D eigenvalue weighted by Gasteiger charge is -2.11. The van der Waals surface area contributed by atoms with Gasteiger partial charge in [0.15, 0.2) is 0 Å². The van der Waals surface area contributed by atoms with Crippen LogP contribution in [0, 0.1) is 5.82 Å². The number of phenolic OH excluding ortho intramolecular Hbond substituents is 1. The molecule has 100 valence electrons. The summed E-state index contributed by atoms with van der Waals surface area (Å²) in [6, 6.07) is 7.25. The molecule has 2 rings (SSSR count). The van der Waals surface area contributed by atoms with Crippen molar-refractivity contribution in [1.29, 1.82) is 0 Å². The van der Waals surface area contributed by atoms with E-state index < -0.39 is 5.82 Å². The van der Waals surface area contributed by atoms with Crippen LogP contribution in [0.1, 0.15) is 5.56 Å². The van der Waals surface area contributed by atoms with Gasteiger partial charge in [-0.2, -0.15) is 0 Å². The molecule has 19 heavy (non-hydrogen) atoms. The van der Waals surface area contributed by atoms with Crippen molar-refractivity contribution in [2.45, 2.75) is 6.54 Å². The monoisotopic (exact) mass is 363 g/mol. The SMILES string of the molecule is Oc1cc(F)cc(CNc2c(Cl)cc(Br)cc2Cl)c1. The quantitative estimate of drug-likeness (QED) is 0.783. The van der Waals surface area contributed by atoms with Gasteiger partial charge in [-0.1, -0.05) is 39.1 Å². The van der Waals surface area contributed by atoms with E-state index >= 15 is 0 Å². The first-order chi connectivity index (χ1) is 8.95. The summed E-state index contributed by atoms with van der Waals surface area (Å²) in [4.78, 5) is 0. The van der Waals surface area contributed by atoms with Gasteiger partial charge in [0.05, 0.1) is 15.7 Å². The maximum absolute atomic E-state index is 13.1. The lowest BCUT2D eigenvalue weighted by Crippen LogP contribution is -2.01. The predicted molar refractivity (Wildman–Crippen MR) is 79.6 cm³/mol. The Morgan fingerprint density at radius 1 is 1.11 bits per heavy atom. The van der Waals surface area contributed by atoms with E-state index in [9.17, 15) is 9.50 Å². The molecule has 0 unspecified atom stereocenters. The minimum Gasteiger partial charge on any atom is -0.508 e. The van der Waals surface area contributed by atoms with Gasteiger partial charge in [-0.3, -0.25) is 0 Å². The van der Waals surface area contributed by atoms with Crippen molar-refractivity contribution in [2.24, 2.45) is 0 Å². The fourth-order valence-corrected chi connectivity index (χ4v) is 2.98. The van der Waals surface area contributed by atoms with Crippen molar-refractivity contribution in [3.63, 3.8) is 0 Å². The Morgan fingerprint density at radius 3 is 2.32 bits per heavy atom. The van der Waals surface area contributed by atoms with Crippen molar-refractivity contribution < 1.29 is 9.50 Å². The highest BCUT2D eigenvalue weighted by Gasteiger charge is 2.08. The van der Waals surface area contributed by atoms with E-state index in [1.807, 2.05) is 0 Å². The highest BCUT2D eigenvalue weighted by molar-refractivity contribution is 9.10. The summed E-state index contributed by atoms with van der Waals surface area (Å²) < 4.78 is 13.9. The molecule has 0 aromatic heterocycles. The highest BCUT2D eigenvalue weighted by atomic mass is 79.9. The highest BCUT2D eigenvalue weighted by Crippen LogP contribution is 2.34. The molecule has 0 spiro atoms. The summed E-state index contributed by atoms with van der Waals surface area (Å²) in [5.74, 6) is -0.616. The van der Waals surface area contributed by atoms with Gasteiger partial charge in [0.25, 0.3) is 0 Å². The van der Waals surface area contributed by atoms with Crippen LogP contribution in [0.3, 0.4) is 0 Å². The third-order valence-electron chi connectivity index (χ3n) is 2.42. The van der Waals surface area contributed by atoms with Crippen LogP contribution in [-0.2, 0) is 6.54 Å². The number of phenols is 1. The van der Waals surface area contributed by atoms with E-state index in [1.165, 1.54) is 12.1 Å². The summed E-state index contributed by atoms with van der Waals surface area (Å²) in [5, 5.41) is 13.2. The molecule has 0 fully saturated rings. The van der Waals surface area contributed by atoms with Gasteiger partial charge < -0.3 is 10.4 Å². The Bertz CT molecular complexity index is 578. The van der Waals surface area contributed by atoms with Gasteiger partial charge >= 0.3 is 0 Å². The van der Waals surface area contributed by atoms with E-state index in [-0.39, 0.29) is 5.75 Å². The van der Waals surface area contributed by atoms with Crippen molar-refractivity contribution in [1.82, 2.24) is 0 Å². The summed E-state index contributed by atoms with van der Waals surface area (Å²) in [6.07, 6.45) is 0. The zero-order valence-corrected chi connectivity index (χ0v) is 12.7. The molecule has 0 aliphatic carbocycles. The smallest absolute Gasteiger partial charge is 0.127 e. The van der Waals surface area contributed by atoms with Crippen LogP contribution in [0.2, 0.25) is 10.0 Å². The van der Waals surface area contributed by atoms with Gasteiger partial charge in [-0.25, -0.2) is 4.39 Å². The minimum atomic E-state index is -0.496. The average molecular weight is 365 g/mol. The van der Waals surface area contributed by atoms with Crippen molar-refractivity contribution >= 4 is 44.8 Å². The van der Waals surface area contributed by atoms with Crippen LogP contribution in [0.5, 0.6) is 5.75 Å². The zero-order chi connectivity index (χ0) is 14.0. The molecule has 0 aliphatic heterocycles. The maximum atomic E-state index is 13.1. The molecule has 0 radical (unpaired) electrons. The number of rotatable bonds is 3. The molecule has 0 bridgehead atoms. The number of nitrogens with one attached hydrogen (secondary N) is 1. The van der Waals surface area contributed by atoms with Gasteiger partial charge in [-0.15, -0.1) is 0 Å². The molecule has 0 heterocycles. The standard InChI is InChI=1S/C13H9BrCl2FNO/c14-8-3-11(15)13(12(16)4-8)18-6-7-1-9(17)5-10(19)2-7/h1-5,18-19H,6H2. The molecule has 0 atom stereocenters. The van der Waals surface area contributed by atoms with Crippen molar-refractivity contribution in [3.8, 4) is 5.75 Å². The predicted octanol–water partition coefficient (Wildman–Crippen LogP) is 5.21. The fraction of sp³-hybridized carbons (Fsp3) is 0.0769. The van der Waals surface area contributed by atoms with Crippen LogP contribution in [0.15, 0.2) is 34.8 Å². The van der Waals surface area contributed by atoms with Crippen molar-refractivity contribution in [2.75, 3.05) is 5.32 Å². The first-order valence-corrected chi connectivity index (χ1v) is 6.87. The van der Waals surface area contributed by atoms with Crippen molar-refractivity contribution in [3.05, 3.63) is 56.2 Å². The largest absolute Gasteiger partial charge is 0.508 e. The van der Waals surface area contributed by atoms with E-state index in [2.05, 4.69) is 21.2 Å². The summed E-state index contributed by atoms with van der Waals surface area (Å²) in [6.45, 7) is 0.298. The number of hydrogen-bond acceptors (Lipinski definition) is 2. The second-order valence-corrected chi connectivity index (χ2v) is 5.65. The Kier molecular flexibility index (Phi) is 4.55. The number of halogens is 4. The lowest BCUT2D eigenvalue weighted by atomic mass is 10.2. The number of anilines is 1. The van der Waals surface area contributed by atoms with E-state index in [0.29, 0.717) is 27.8 Å². The Balaban J connectivity index is 2.19. The maximum Gasteiger partial charge on any atom is 0.127 e. The van der Waals surface area contributed by atoms with Crippen LogP contribution < -0.4 is 5.32 Å². The van der Waals surface area contributed by atoms with Crippen LogP contribution in [-0.4, -0.2) is 5.11 Å². The average Bonchev–Trinajstić information content (AvgIpc) is 2.25. The number of aromatic hydroxyl groups is 1. The topological polar surface area (TPSA) is 32.3 Å². The molecule has 6 heteroatoms. The van der Waals surface area contributed by atoms with Gasteiger partial charge in [0.2, 0.25) is 0 Å². The Labute approximate surface area is 128 Å². The minimum absolute atomic E-state index is 0.121. The van der Waals surface area contributed by atoms with E-state index in [1.54, 1.807) is 12.1 Å². The molecule has 2 N–H and O–H groups in total. The Morgan fingerprint density at radius 2 is 1.74 bits per heavy atom. The van der Waals surface area contributed by atoms with E-state index in [4.69, 9.17) is 23.2 Å². The molecule has 2 nitrogen and oxygen atoms in total. The molecule has 2 aromatic carbocycles. The second-order valence-electron chi connectivity index (χ2n) is 3.92. The fourth-order valence-electron chi connectivity index (χ4n) is 1.64. The van der Waals surface area contributed by atoms with Gasteiger partial charge in [-0.05, 0) is 29.8 Å². The van der Waals surface area contributed by atoms with E-state index in [0.717, 1.165) is 10.5 Å². The normalized spacial score (nSPS) is 10.5. The third kappa shape index (κ3) is 3.75. The first kappa shape index (κ1) is 14.4. The van der Waals surface area contributed by atoms with Gasteiger partial charge in [0.1, 0.15) is 11.6 Å².